The number of aliphatic hydroxyl groups excluding tert-OH is 1. The summed E-state index contributed by atoms with van der Waals surface area (Å²) < 4.78 is 0. The van der Waals surface area contributed by atoms with E-state index in [0.717, 1.165) is 25.7 Å². The first-order valence-corrected chi connectivity index (χ1v) is 5.99. The first-order chi connectivity index (χ1) is 8.11. The number of aliphatic hydroxyl groups is 1. The van der Waals surface area contributed by atoms with Crippen molar-refractivity contribution in [2.24, 2.45) is 0 Å². The monoisotopic (exact) mass is 246 g/mol. The Morgan fingerprint density at radius 2 is 1.94 bits per heavy atom. The van der Waals surface area contributed by atoms with E-state index in [4.69, 9.17) is 10.2 Å². The summed E-state index contributed by atoms with van der Waals surface area (Å²) >= 11 is 0. The van der Waals surface area contributed by atoms with E-state index >= 15 is 0 Å². The van der Waals surface area contributed by atoms with E-state index in [2.05, 4.69) is 17.6 Å². The average molecular weight is 246 g/mol. The maximum atomic E-state index is 11.3. The van der Waals surface area contributed by atoms with Crippen molar-refractivity contribution in [3.8, 4) is 0 Å². The highest BCUT2D eigenvalue weighted by molar-refractivity contribution is 5.82. The Morgan fingerprint density at radius 3 is 2.47 bits per heavy atom. The molecule has 0 heterocycles. The molecule has 0 spiro atoms. The second-order valence-corrected chi connectivity index (χ2v) is 3.86. The van der Waals surface area contributed by atoms with E-state index in [1.807, 2.05) is 0 Å². The molecule has 0 fully saturated rings. The summed E-state index contributed by atoms with van der Waals surface area (Å²) in [6.07, 6.45) is 4.21. The highest BCUT2D eigenvalue weighted by atomic mass is 16.4. The molecule has 4 N–H and O–H groups in total. The number of hydrogen-bond acceptors (Lipinski definition) is 3. The lowest BCUT2D eigenvalue weighted by Gasteiger charge is -2.13. The van der Waals surface area contributed by atoms with Gasteiger partial charge in [0.15, 0.2) is 0 Å². The van der Waals surface area contributed by atoms with Crippen LogP contribution in [-0.4, -0.2) is 41.4 Å². The maximum absolute atomic E-state index is 11.3. The number of carboxylic acids is 1. The van der Waals surface area contributed by atoms with Crippen LogP contribution in [0, 0.1) is 0 Å². The summed E-state index contributed by atoms with van der Waals surface area (Å²) in [6.45, 7) is 2.37. The Balaban J connectivity index is 3.71. The number of hydrogen-bond donors (Lipinski definition) is 4. The van der Waals surface area contributed by atoms with Gasteiger partial charge >= 0.3 is 12.0 Å². The molecule has 0 rings (SSSR count). The Morgan fingerprint density at radius 1 is 1.24 bits per heavy atom. The van der Waals surface area contributed by atoms with E-state index in [0.29, 0.717) is 6.54 Å². The topological polar surface area (TPSA) is 98.7 Å². The van der Waals surface area contributed by atoms with Crippen molar-refractivity contribution in [3.63, 3.8) is 0 Å². The minimum Gasteiger partial charge on any atom is -0.480 e. The van der Waals surface area contributed by atoms with Crippen LogP contribution in [0.5, 0.6) is 0 Å². The van der Waals surface area contributed by atoms with Crippen molar-refractivity contribution >= 4 is 12.0 Å². The first kappa shape index (κ1) is 15.7. The van der Waals surface area contributed by atoms with Crippen LogP contribution in [0.4, 0.5) is 4.79 Å². The van der Waals surface area contributed by atoms with E-state index in [9.17, 15) is 9.59 Å². The lowest BCUT2D eigenvalue weighted by atomic mass is 10.2. The molecule has 1 atom stereocenters. The Bertz CT molecular complexity index is 234. The molecule has 0 aromatic heterocycles. The van der Waals surface area contributed by atoms with Crippen LogP contribution in [0.15, 0.2) is 0 Å². The molecule has 6 heteroatoms. The molecule has 0 saturated heterocycles. The maximum Gasteiger partial charge on any atom is 0.326 e. The molecule has 100 valence electrons. The number of nitrogens with one attached hydrogen (secondary N) is 2. The second kappa shape index (κ2) is 9.89. The van der Waals surface area contributed by atoms with E-state index in [1.54, 1.807) is 0 Å². The zero-order valence-electron chi connectivity index (χ0n) is 10.2. The van der Waals surface area contributed by atoms with Crippen LogP contribution in [0.2, 0.25) is 0 Å². The molecule has 0 aliphatic heterocycles. The first-order valence-electron chi connectivity index (χ1n) is 5.99. The number of carboxylic acid groups (broad SMARTS) is 1. The van der Waals surface area contributed by atoms with Gasteiger partial charge in [-0.3, -0.25) is 0 Å². The Labute approximate surface area is 101 Å². The number of carbonyl (C=O) groups is 2. The molecule has 0 unspecified atom stereocenters. The summed E-state index contributed by atoms with van der Waals surface area (Å²) in [7, 11) is 0. The molecule has 0 saturated carbocycles. The smallest absolute Gasteiger partial charge is 0.326 e. The van der Waals surface area contributed by atoms with E-state index in [-0.39, 0.29) is 13.0 Å². The van der Waals surface area contributed by atoms with E-state index < -0.39 is 18.0 Å². The van der Waals surface area contributed by atoms with Crippen LogP contribution in [-0.2, 0) is 4.79 Å². The summed E-state index contributed by atoms with van der Waals surface area (Å²) in [5.74, 6) is -1.14. The van der Waals surface area contributed by atoms with Crippen molar-refractivity contribution in [1.82, 2.24) is 10.6 Å². The fourth-order valence-corrected chi connectivity index (χ4v) is 1.35. The number of amides is 2. The summed E-state index contributed by atoms with van der Waals surface area (Å²) in [6, 6.07) is -1.53. The van der Waals surface area contributed by atoms with Gasteiger partial charge in [0.2, 0.25) is 0 Å². The van der Waals surface area contributed by atoms with Crippen LogP contribution >= 0.6 is 0 Å². The van der Waals surface area contributed by atoms with E-state index in [1.165, 1.54) is 0 Å². The lowest BCUT2D eigenvalue weighted by molar-refractivity contribution is -0.139. The van der Waals surface area contributed by atoms with Gasteiger partial charge in [0.1, 0.15) is 6.04 Å². The molecular weight excluding hydrogens is 224 g/mol. The quantitative estimate of drug-likeness (QED) is 0.450. The van der Waals surface area contributed by atoms with Crippen molar-refractivity contribution in [3.05, 3.63) is 0 Å². The average Bonchev–Trinajstić information content (AvgIpc) is 2.28. The third-order valence-electron chi connectivity index (χ3n) is 2.34. The normalized spacial score (nSPS) is 11.9. The molecule has 6 nitrogen and oxygen atoms in total. The summed E-state index contributed by atoms with van der Waals surface area (Å²) in [5, 5.41) is 22.3. The molecule has 0 aromatic carbocycles. The Kier molecular flexibility index (Phi) is 9.14. The van der Waals surface area contributed by atoms with Crippen molar-refractivity contribution in [1.29, 1.82) is 0 Å². The van der Waals surface area contributed by atoms with Crippen LogP contribution in [0.1, 0.15) is 39.0 Å². The lowest BCUT2D eigenvalue weighted by Crippen LogP contribution is -2.46. The molecule has 0 radical (unpaired) electrons. The fraction of sp³-hybridized carbons (Fsp3) is 0.818. The standard InChI is InChI=1S/C11H22N2O4/c1-2-3-4-5-7-12-11(17)13-9(6-8-14)10(15)16/h9,14H,2-8H2,1H3,(H,15,16)(H2,12,13,17)/t9-/m0/s1. The highest BCUT2D eigenvalue weighted by Gasteiger charge is 2.18. The zero-order chi connectivity index (χ0) is 13.1. The molecule has 0 bridgehead atoms. The van der Waals surface area contributed by atoms with Gasteiger partial charge in [-0.25, -0.2) is 9.59 Å². The number of rotatable bonds is 9. The number of urea groups is 1. The second-order valence-electron chi connectivity index (χ2n) is 3.86. The molecule has 0 aliphatic rings. The van der Waals surface area contributed by atoms with Crippen LogP contribution < -0.4 is 10.6 Å². The summed E-state index contributed by atoms with van der Waals surface area (Å²) in [4.78, 5) is 22.0. The predicted molar refractivity (Wildman–Crippen MR) is 63.8 cm³/mol. The van der Waals surface area contributed by atoms with Gasteiger partial charge in [-0.2, -0.15) is 0 Å². The summed E-state index contributed by atoms with van der Waals surface area (Å²) in [5.41, 5.74) is 0. The predicted octanol–water partition coefficient (Wildman–Crippen LogP) is 0.701. The number of unbranched alkanes of at least 4 members (excludes halogenated alkanes) is 3. The van der Waals surface area contributed by atoms with Gasteiger partial charge in [-0.15, -0.1) is 0 Å². The highest BCUT2D eigenvalue weighted by Crippen LogP contribution is 1.97. The Hall–Kier alpha value is -1.30. The van der Waals surface area contributed by atoms with Gasteiger partial charge in [-0.05, 0) is 6.42 Å². The third-order valence-corrected chi connectivity index (χ3v) is 2.34. The molecule has 0 aliphatic carbocycles. The van der Waals surface area contributed by atoms with Crippen molar-refractivity contribution < 1.29 is 19.8 Å². The largest absolute Gasteiger partial charge is 0.480 e. The van der Waals surface area contributed by atoms with Gasteiger partial charge < -0.3 is 20.8 Å². The molecule has 17 heavy (non-hydrogen) atoms. The SMILES string of the molecule is CCCCCCNC(=O)N[C@@H](CCO)C(=O)O. The third kappa shape index (κ3) is 8.50. The zero-order valence-corrected chi connectivity index (χ0v) is 10.2. The van der Waals surface area contributed by atoms with Gasteiger partial charge in [-0.1, -0.05) is 26.2 Å². The van der Waals surface area contributed by atoms with Crippen LogP contribution in [0.25, 0.3) is 0 Å². The minimum absolute atomic E-state index is 0.0125. The number of carbonyl (C=O) groups excluding carboxylic acids is 1. The number of aliphatic carboxylic acids is 1. The molecule has 2 amide bonds. The van der Waals surface area contributed by atoms with Crippen LogP contribution in [0.3, 0.4) is 0 Å². The molecule has 0 aromatic rings. The van der Waals surface area contributed by atoms with Gasteiger partial charge in [0.25, 0.3) is 0 Å². The molecular formula is C11H22N2O4. The van der Waals surface area contributed by atoms with Gasteiger partial charge in [0.05, 0.1) is 0 Å². The van der Waals surface area contributed by atoms with Gasteiger partial charge in [0, 0.05) is 19.6 Å². The fourth-order valence-electron chi connectivity index (χ4n) is 1.35. The minimum atomic E-state index is -1.14. The van der Waals surface area contributed by atoms with Crippen molar-refractivity contribution in [2.75, 3.05) is 13.2 Å². The van der Waals surface area contributed by atoms with Crippen molar-refractivity contribution in [2.45, 2.75) is 45.1 Å².